The molecular weight excluding hydrogens is 190 g/mol. The summed E-state index contributed by atoms with van der Waals surface area (Å²) in [6, 6.07) is 3.65. The highest BCUT2D eigenvalue weighted by atomic mass is 16.4. The molecule has 0 spiro atoms. The van der Waals surface area contributed by atoms with Gasteiger partial charge in [0.1, 0.15) is 0 Å². The molecule has 0 bridgehead atoms. The van der Waals surface area contributed by atoms with Crippen molar-refractivity contribution in [2.45, 2.75) is 33.2 Å². The standard InChI is InChI=1S/C12H17NO2/c1-7-4-8(2)12(9(3)5-7)10(13)6-11(14)15/h4-5,10H,6,13H2,1-3H3,(H,14,15). The maximum atomic E-state index is 10.6. The van der Waals surface area contributed by atoms with Gasteiger partial charge in [0.25, 0.3) is 0 Å². The zero-order chi connectivity index (χ0) is 11.6. The van der Waals surface area contributed by atoms with E-state index in [2.05, 4.69) is 0 Å². The molecule has 1 rings (SSSR count). The van der Waals surface area contributed by atoms with Crippen LogP contribution in [0.25, 0.3) is 0 Å². The van der Waals surface area contributed by atoms with E-state index in [0.29, 0.717) is 0 Å². The summed E-state index contributed by atoms with van der Waals surface area (Å²) in [5, 5.41) is 8.70. The summed E-state index contributed by atoms with van der Waals surface area (Å²) >= 11 is 0. The Balaban J connectivity index is 3.08. The summed E-state index contributed by atoms with van der Waals surface area (Å²) in [4.78, 5) is 10.6. The van der Waals surface area contributed by atoms with E-state index in [9.17, 15) is 4.79 Å². The van der Waals surface area contributed by atoms with Crippen molar-refractivity contribution in [3.05, 3.63) is 34.4 Å². The Bertz CT molecular complexity index is 362. The zero-order valence-corrected chi connectivity index (χ0v) is 9.37. The molecule has 0 saturated heterocycles. The van der Waals surface area contributed by atoms with E-state index < -0.39 is 12.0 Å². The average molecular weight is 207 g/mol. The van der Waals surface area contributed by atoms with Crippen LogP contribution in [-0.4, -0.2) is 11.1 Å². The number of carboxylic acid groups (broad SMARTS) is 1. The number of hydrogen-bond acceptors (Lipinski definition) is 2. The van der Waals surface area contributed by atoms with Gasteiger partial charge in [0.15, 0.2) is 0 Å². The van der Waals surface area contributed by atoms with Crippen LogP contribution in [0, 0.1) is 20.8 Å². The van der Waals surface area contributed by atoms with Crippen molar-refractivity contribution in [1.29, 1.82) is 0 Å². The van der Waals surface area contributed by atoms with Gasteiger partial charge < -0.3 is 10.8 Å². The number of benzene rings is 1. The van der Waals surface area contributed by atoms with Gasteiger partial charge in [0, 0.05) is 6.04 Å². The van der Waals surface area contributed by atoms with Gasteiger partial charge in [-0.25, -0.2) is 0 Å². The van der Waals surface area contributed by atoms with Crippen LogP contribution in [0.2, 0.25) is 0 Å². The second-order valence-corrected chi connectivity index (χ2v) is 4.02. The molecule has 82 valence electrons. The van der Waals surface area contributed by atoms with Crippen molar-refractivity contribution in [1.82, 2.24) is 0 Å². The Morgan fingerprint density at radius 2 is 1.80 bits per heavy atom. The molecule has 1 aromatic carbocycles. The van der Waals surface area contributed by atoms with Crippen molar-refractivity contribution in [3.63, 3.8) is 0 Å². The summed E-state index contributed by atoms with van der Waals surface area (Å²) in [6.07, 6.45) is -0.0231. The number of carbonyl (C=O) groups is 1. The molecule has 0 fully saturated rings. The minimum Gasteiger partial charge on any atom is -0.481 e. The van der Waals surface area contributed by atoms with Crippen LogP contribution in [0.5, 0.6) is 0 Å². The second kappa shape index (κ2) is 4.45. The summed E-state index contributed by atoms with van der Waals surface area (Å²) in [7, 11) is 0. The minimum atomic E-state index is -0.859. The van der Waals surface area contributed by atoms with Crippen LogP contribution in [0.4, 0.5) is 0 Å². The van der Waals surface area contributed by atoms with E-state index in [0.717, 1.165) is 16.7 Å². The molecule has 1 unspecified atom stereocenters. The predicted molar refractivity (Wildman–Crippen MR) is 59.8 cm³/mol. The fraction of sp³-hybridized carbons (Fsp3) is 0.417. The lowest BCUT2D eigenvalue weighted by Gasteiger charge is -2.16. The third-order valence-electron chi connectivity index (χ3n) is 2.50. The average Bonchev–Trinajstić information content (AvgIpc) is 1.99. The molecule has 15 heavy (non-hydrogen) atoms. The molecule has 0 heterocycles. The van der Waals surface area contributed by atoms with Crippen LogP contribution in [-0.2, 0) is 4.79 Å². The Morgan fingerprint density at radius 3 is 2.20 bits per heavy atom. The normalized spacial score (nSPS) is 12.5. The van der Waals surface area contributed by atoms with E-state index in [1.165, 1.54) is 5.56 Å². The van der Waals surface area contributed by atoms with Crippen LogP contribution >= 0.6 is 0 Å². The highest BCUT2D eigenvalue weighted by Gasteiger charge is 2.15. The molecule has 3 nitrogen and oxygen atoms in total. The van der Waals surface area contributed by atoms with Crippen LogP contribution in [0.1, 0.15) is 34.7 Å². The SMILES string of the molecule is Cc1cc(C)c(C(N)CC(=O)O)c(C)c1. The van der Waals surface area contributed by atoms with Crippen LogP contribution in [0.15, 0.2) is 12.1 Å². The summed E-state index contributed by atoms with van der Waals surface area (Å²) in [5.41, 5.74) is 10.1. The molecular formula is C12H17NO2. The maximum Gasteiger partial charge on any atom is 0.305 e. The Hall–Kier alpha value is -1.35. The fourth-order valence-electron chi connectivity index (χ4n) is 2.07. The number of rotatable bonds is 3. The van der Waals surface area contributed by atoms with Gasteiger partial charge in [-0.15, -0.1) is 0 Å². The molecule has 0 aliphatic heterocycles. The number of carboxylic acids is 1. The largest absolute Gasteiger partial charge is 0.481 e. The monoisotopic (exact) mass is 207 g/mol. The van der Waals surface area contributed by atoms with Crippen molar-refractivity contribution in [2.24, 2.45) is 5.73 Å². The molecule has 0 aliphatic carbocycles. The maximum absolute atomic E-state index is 10.6. The van der Waals surface area contributed by atoms with Gasteiger partial charge in [-0.1, -0.05) is 17.7 Å². The first-order chi connectivity index (χ1) is 6.91. The van der Waals surface area contributed by atoms with Crippen LogP contribution < -0.4 is 5.73 Å². The predicted octanol–water partition coefficient (Wildman–Crippen LogP) is 2.09. The molecule has 0 radical (unpaired) electrons. The Morgan fingerprint density at radius 1 is 1.33 bits per heavy atom. The number of nitrogens with two attached hydrogens (primary N) is 1. The molecule has 0 saturated carbocycles. The lowest BCUT2D eigenvalue weighted by Crippen LogP contribution is -2.17. The van der Waals surface area contributed by atoms with Gasteiger partial charge in [0.2, 0.25) is 0 Å². The molecule has 1 aromatic rings. The van der Waals surface area contributed by atoms with Gasteiger partial charge in [-0.05, 0) is 37.5 Å². The quantitative estimate of drug-likeness (QED) is 0.797. The number of hydrogen-bond donors (Lipinski definition) is 2. The lowest BCUT2D eigenvalue weighted by molar-refractivity contribution is -0.137. The first-order valence-electron chi connectivity index (χ1n) is 4.97. The third-order valence-corrected chi connectivity index (χ3v) is 2.50. The smallest absolute Gasteiger partial charge is 0.305 e. The van der Waals surface area contributed by atoms with Crippen molar-refractivity contribution < 1.29 is 9.90 Å². The summed E-state index contributed by atoms with van der Waals surface area (Å²) in [5.74, 6) is -0.859. The van der Waals surface area contributed by atoms with Crippen molar-refractivity contribution >= 4 is 5.97 Å². The van der Waals surface area contributed by atoms with Gasteiger partial charge in [-0.2, -0.15) is 0 Å². The molecule has 0 amide bonds. The van der Waals surface area contributed by atoms with E-state index in [1.54, 1.807) is 0 Å². The molecule has 1 atom stereocenters. The molecule has 0 aromatic heterocycles. The fourth-order valence-corrected chi connectivity index (χ4v) is 2.07. The molecule has 0 aliphatic rings. The first-order valence-corrected chi connectivity index (χ1v) is 4.97. The van der Waals surface area contributed by atoms with Crippen LogP contribution in [0.3, 0.4) is 0 Å². The van der Waals surface area contributed by atoms with E-state index >= 15 is 0 Å². The van der Waals surface area contributed by atoms with Crippen molar-refractivity contribution in [3.8, 4) is 0 Å². The first kappa shape index (κ1) is 11.7. The molecule has 3 heteroatoms. The molecule has 3 N–H and O–H groups in total. The van der Waals surface area contributed by atoms with E-state index in [4.69, 9.17) is 10.8 Å². The highest BCUT2D eigenvalue weighted by Crippen LogP contribution is 2.23. The third kappa shape index (κ3) is 2.80. The zero-order valence-electron chi connectivity index (χ0n) is 9.37. The minimum absolute atomic E-state index is 0.0231. The van der Waals surface area contributed by atoms with E-state index in [-0.39, 0.29) is 6.42 Å². The Kier molecular flexibility index (Phi) is 3.48. The van der Waals surface area contributed by atoms with Gasteiger partial charge in [-0.3, -0.25) is 4.79 Å². The number of aliphatic carboxylic acids is 1. The second-order valence-electron chi connectivity index (χ2n) is 4.02. The topological polar surface area (TPSA) is 63.3 Å². The van der Waals surface area contributed by atoms with Gasteiger partial charge >= 0.3 is 5.97 Å². The highest BCUT2D eigenvalue weighted by molar-refractivity contribution is 5.68. The summed E-state index contributed by atoms with van der Waals surface area (Å²) < 4.78 is 0. The number of aryl methyl sites for hydroxylation is 3. The Labute approximate surface area is 89.9 Å². The van der Waals surface area contributed by atoms with Gasteiger partial charge in [0.05, 0.1) is 6.42 Å². The van der Waals surface area contributed by atoms with E-state index in [1.807, 2.05) is 32.9 Å². The van der Waals surface area contributed by atoms with Crippen molar-refractivity contribution in [2.75, 3.05) is 0 Å². The lowest BCUT2D eigenvalue weighted by atomic mass is 9.93. The summed E-state index contributed by atoms with van der Waals surface area (Å²) in [6.45, 7) is 5.96.